The maximum absolute atomic E-state index is 11.9. The number of anilines is 2. The Balaban J connectivity index is 1.31. The number of halogens is 1. The fourth-order valence-electron chi connectivity index (χ4n) is 3.25. The molecule has 2 aromatic carbocycles. The molecule has 2 amide bonds. The number of amides is 2. The standard InChI is InChI=1S/C20H24ClN5O3/c21-16-3-1-4-19(15-16)25-13-11-24(12-14-25)10-2-9-22-20(27)23-17-5-7-18(8-6-17)26(28)29/h1,3-8,15H,2,9-14H2,(H2,22,23,27). The molecule has 0 unspecified atom stereocenters. The van der Waals surface area contributed by atoms with Gasteiger partial charge in [-0.15, -0.1) is 0 Å². The van der Waals surface area contributed by atoms with Crippen LogP contribution < -0.4 is 15.5 Å². The van der Waals surface area contributed by atoms with Gasteiger partial charge in [0, 0.05) is 61.3 Å². The first kappa shape index (κ1) is 20.9. The molecule has 1 fully saturated rings. The number of hydrogen-bond donors (Lipinski definition) is 2. The highest BCUT2D eigenvalue weighted by molar-refractivity contribution is 6.30. The topological polar surface area (TPSA) is 90.8 Å². The smallest absolute Gasteiger partial charge is 0.319 e. The van der Waals surface area contributed by atoms with Gasteiger partial charge in [0.2, 0.25) is 0 Å². The minimum Gasteiger partial charge on any atom is -0.369 e. The first-order valence-electron chi connectivity index (χ1n) is 9.53. The summed E-state index contributed by atoms with van der Waals surface area (Å²) in [5.74, 6) is 0. The van der Waals surface area contributed by atoms with E-state index in [-0.39, 0.29) is 11.7 Å². The van der Waals surface area contributed by atoms with Crippen molar-refractivity contribution in [1.29, 1.82) is 0 Å². The number of nitrogens with one attached hydrogen (secondary N) is 2. The van der Waals surface area contributed by atoms with Crippen molar-refractivity contribution in [1.82, 2.24) is 10.2 Å². The number of carbonyl (C=O) groups excluding carboxylic acids is 1. The van der Waals surface area contributed by atoms with Crippen LogP contribution in [0.15, 0.2) is 48.5 Å². The summed E-state index contributed by atoms with van der Waals surface area (Å²) in [6.07, 6.45) is 0.852. The molecular weight excluding hydrogens is 394 g/mol. The lowest BCUT2D eigenvalue weighted by atomic mass is 10.2. The van der Waals surface area contributed by atoms with Gasteiger partial charge in [-0.3, -0.25) is 15.0 Å². The van der Waals surface area contributed by atoms with Crippen molar-refractivity contribution in [3.8, 4) is 0 Å². The molecule has 9 heteroatoms. The first-order chi connectivity index (χ1) is 14.0. The average Bonchev–Trinajstić information content (AvgIpc) is 2.72. The van der Waals surface area contributed by atoms with Gasteiger partial charge in [-0.2, -0.15) is 0 Å². The molecule has 1 aliphatic rings. The van der Waals surface area contributed by atoms with Crippen LogP contribution in [0.4, 0.5) is 21.9 Å². The zero-order valence-electron chi connectivity index (χ0n) is 16.0. The summed E-state index contributed by atoms with van der Waals surface area (Å²) >= 11 is 6.07. The van der Waals surface area contributed by atoms with E-state index in [0.29, 0.717) is 12.2 Å². The third kappa shape index (κ3) is 6.33. The third-order valence-corrected chi connectivity index (χ3v) is 5.05. The molecule has 1 heterocycles. The number of benzene rings is 2. The van der Waals surface area contributed by atoms with Crippen LogP contribution in [-0.4, -0.2) is 55.1 Å². The lowest BCUT2D eigenvalue weighted by Crippen LogP contribution is -2.47. The molecule has 0 atom stereocenters. The van der Waals surface area contributed by atoms with E-state index in [1.807, 2.05) is 18.2 Å². The third-order valence-electron chi connectivity index (χ3n) is 4.82. The molecule has 0 radical (unpaired) electrons. The number of nitrogens with zero attached hydrogens (tertiary/aromatic N) is 3. The van der Waals surface area contributed by atoms with Crippen LogP contribution in [0, 0.1) is 10.1 Å². The molecular formula is C20H24ClN5O3. The Labute approximate surface area is 174 Å². The van der Waals surface area contributed by atoms with Crippen molar-refractivity contribution in [3.63, 3.8) is 0 Å². The van der Waals surface area contributed by atoms with E-state index in [1.54, 1.807) is 0 Å². The zero-order chi connectivity index (χ0) is 20.6. The van der Waals surface area contributed by atoms with Crippen LogP contribution in [-0.2, 0) is 0 Å². The minimum absolute atomic E-state index is 0.00795. The number of carbonyl (C=O) groups is 1. The van der Waals surface area contributed by atoms with Crippen molar-refractivity contribution in [2.45, 2.75) is 6.42 Å². The molecule has 0 aromatic heterocycles. The van der Waals surface area contributed by atoms with Gasteiger partial charge in [0.15, 0.2) is 0 Å². The number of hydrogen-bond acceptors (Lipinski definition) is 5. The van der Waals surface area contributed by atoms with Crippen LogP contribution >= 0.6 is 11.6 Å². The van der Waals surface area contributed by atoms with E-state index in [9.17, 15) is 14.9 Å². The Bertz CT molecular complexity index is 838. The fourth-order valence-corrected chi connectivity index (χ4v) is 3.43. The number of piperazine rings is 1. The van der Waals surface area contributed by atoms with Crippen molar-refractivity contribution in [2.24, 2.45) is 0 Å². The lowest BCUT2D eigenvalue weighted by Gasteiger charge is -2.36. The number of nitro groups is 1. The Morgan fingerprint density at radius 3 is 2.48 bits per heavy atom. The molecule has 154 valence electrons. The highest BCUT2D eigenvalue weighted by Crippen LogP contribution is 2.20. The Kier molecular flexibility index (Phi) is 7.26. The second-order valence-electron chi connectivity index (χ2n) is 6.85. The van der Waals surface area contributed by atoms with Gasteiger partial charge in [0.25, 0.3) is 5.69 Å². The van der Waals surface area contributed by atoms with Gasteiger partial charge in [-0.05, 0) is 43.3 Å². The van der Waals surface area contributed by atoms with Crippen LogP contribution in [0.3, 0.4) is 0 Å². The van der Waals surface area contributed by atoms with Gasteiger partial charge in [0.05, 0.1) is 4.92 Å². The molecule has 8 nitrogen and oxygen atoms in total. The number of rotatable bonds is 7. The van der Waals surface area contributed by atoms with E-state index in [1.165, 1.54) is 24.3 Å². The van der Waals surface area contributed by atoms with E-state index in [4.69, 9.17) is 11.6 Å². The van der Waals surface area contributed by atoms with Gasteiger partial charge >= 0.3 is 6.03 Å². The highest BCUT2D eigenvalue weighted by Gasteiger charge is 2.17. The quantitative estimate of drug-likeness (QED) is 0.408. The maximum atomic E-state index is 11.9. The SMILES string of the molecule is O=C(NCCCN1CCN(c2cccc(Cl)c2)CC1)Nc1ccc([N+](=O)[O-])cc1. The number of nitro benzene ring substituents is 1. The molecule has 0 saturated carbocycles. The molecule has 2 N–H and O–H groups in total. The van der Waals surface area contributed by atoms with Crippen molar-refractivity contribution in [3.05, 3.63) is 63.7 Å². The fraction of sp³-hybridized carbons (Fsp3) is 0.350. The second kappa shape index (κ2) is 10.1. The van der Waals surface area contributed by atoms with E-state index in [0.717, 1.165) is 49.9 Å². The molecule has 3 rings (SSSR count). The number of urea groups is 1. The Morgan fingerprint density at radius 1 is 1.10 bits per heavy atom. The van der Waals surface area contributed by atoms with E-state index >= 15 is 0 Å². The van der Waals surface area contributed by atoms with Crippen molar-refractivity contribution < 1.29 is 9.72 Å². The summed E-state index contributed by atoms with van der Waals surface area (Å²) in [6.45, 7) is 5.33. The van der Waals surface area contributed by atoms with Gasteiger partial charge in [-0.1, -0.05) is 17.7 Å². The molecule has 1 saturated heterocycles. The zero-order valence-corrected chi connectivity index (χ0v) is 16.8. The van der Waals surface area contributed by atoms with Gasteiger partial charge in [-0.25, -0.2) is 4.79 Å². The van der Waals surface area contributed by atoms with Crippen LogP contribution in [0.1, 0.15) is 6.42 Å². The second-order valence-corrected chi connectivity index (χ2v) is 7.28. The highest BCUT2D eigenvalue weighted by atomic mass is 35.5. The molecule has 0 spiro atoms. The Morgan fingerprint density at radius 2 is 1.83 bits per heavy atom. The van der Waals surface area contributed by atoms with Crippen LogP contribution in [0.5, 0.6) is 0 Å². The summed E-state index contributed by atoms with van der Waals surface area (Å²) in [6, 6.07) is 13.3. The maximum Gasteiger partial charge on any atom is 0.319 e. The summed E-state index contributed by atoms with van der Waals surface area (Å²) in [4.78, 5) is 26.8. The van der Waals surface area contributed by atoms with Crippen molar-refractivity contribution in [2.75, 3.05) is 49.5 Å². The van der Waals surface area contributed by atoms with Gasteiger partial charge in [0.1, 0.15) is 0 Å². The normalized spacial score (nSPS) is 14.4. The van der Waals surface area contributed by atoms with Crippen LogP contribution in [0.25, 0.3) is 0 Å². The predicted molar refractivity (Wildman–Crippen MR) is 115 cm³/mol. The van der Waals surface area contributed by atoms with Crippen LogP contribution in [0.2, 0.25) is 5.02 Å². The molecule has 0 aliphatic carbocycles. The first-order valence-corrected chi connectivity index (χ1v) is 9.91. The summed E-state index contributed by atoms with van der Waals surface area (Å²) in [5, 5.41) is 16.9. The molecule has 29 heavy (non-hydrogen) atoms. The largest absolute Gasteiger partial charge is 0.369 e. The summed E-state index contributed by atoms with van der Waals surface area (Å²) < 4.78 is 0. The molecule has 2 aromatic rings. The molecule has 0 bridgehead atoms. The van der Waals surface area contributed by atoms with Gasteiger partial charge < -0.3 is 15.5 Å². The monoisotopic (exact) mass is 417 g/mol. The molecule has 1 aliphatic heterocycles. The lowest BCUT2D eigenvalue weighted by molar-refractivity contribution is -0.384. The Hall–Kier alpha value is -2.84. The van der Waals surface area contributed by atoms with E-state index < -0.39 is 4.92 Å². The average molecular weight is 418 g/mol. The summed E-state index contributed by atoms with van der Waals surface area (Å²) in [5.41, 5.74) is 1.67. The predicted octanol–water partition coefficient (Wildman–Crippen LogP) is 3.58. The van der Waals surface area contributed by atoms with Crippen molar-refractivity contribution >= 4 is 34.7 Å². The van der Waals surface area contributed by atoms with E-state index in [2.05, 4.69) is 26.5 Å². The minimum atomic E-state index is -0.474. The number of non-ortho nitro benzene ring substituents is 1. The summed E-state index contributed by atoms with van der Waals surface area (Å²) in [7, 11) is 0.